The van der Waals surface area contributed by atoms with E-state index in [2.05, 4.69) is 32.3 Å². The van der Waals surface area contributed by atoms with E-state index in [4.69, 9.17) is 0 Å². The number of pyridine rings is 2. The lowest BCUT2D eigenvalue weighted by Crippen LogP contribution is -2.03. The third kappa shape index (κ3) is 2.99. The Morgan fingerprint density at radius 2 is 1.00 bits per heavy atom. The molecule has 4 nitrogen and oxygen atoms in total. The molecule has 0 N–H and O–H groups in total. The van der Waals surface area contributed by atoms with Crippen molar-refractivity contribution >= 4 is 10.8 Å². The first-order chi connectivity index (χ1) is 11.9. The quantitative estimate of drug-likeness (QED) is 0.578. The summed E-state index contributed by atoms with van der Waals surface area (Å²) in [6.07, 6.45) is 4.97. The van der Waals surface area contributed by atoms with Gasteiger partial charge in [-0.2, -0.15) is 10.2 Å². The zero-order valence-corrected chi connectivity index (χ0v) is 13.1. The van der Waals surface area contributed by atoms with Crippen LogP contribution in [0.1, 0.15) is 22.8 Å². The first-order valence-electron chi connectivity index (χ1n) is 7.93. The second-order valence-electron chi connectivity index (χ2n) is 5.63. The molecule has 0 amide bonds. The van der Waals surface area contributed by atoms with Crippen LogP contribution < -0.4 is 0 Å². The van der Waals surface area contributed by atoms with Gasteiger partial charge in [0.05, 0.1) is 11.4 Å². The molecule has 0 spiro atoms. The second-order valence-corrected chi connectivity index (χ2v) is 5.63. The second kappa shape index (κ2) is 6.54. The van der Waals surface area contributed by atoms with Gasteiger partial charge in [-0.05, 0) is 24.3 Å². The van der Waals surface area contributed by atoms with E-state index in [1.165, 1.54) is 0 Å². The molecule has 0 saturated carbocycles. The van der Waals surface area contributed by atoms with Gasteiger partial charge in [-0.25, -0.2) is 0 Å². The third-order valence-electron chi connectivity index (χ3n) is 3.99. The number of aromatic nitrogens is 4. The summed E-state index contributed by atoms with van der Waals surface area (Å²) in [7, 11) is 0. The minimum Gasteiger partial charge on any atom is -0.261 e. The summed E-state index contributed by atoms with van der Waals surface area (Å²) in [6.45, 7) is 0. The van der Waals surface area contributed by atoms with E-state index in [0.29, 0.717) is 12.8 Å². The molecule has 4 heteroatoms. The fourth-order valence-corrected chi connectivity index (χ4v) is 2.82. The van der Waals surface area contributed by atoms with Crippen molar-refractivity contribution < 1.29 is 0 Å². The summed E-state index contributed by atoms with van der Waals surface area (Å²) in [5.74, 6) is 0. The summed E-state index contributed by atoms with van der Waals surface area (Å²) in [4.78, 5) is 8.79. The first kappa shape index (κ1) is 14.5. The van der Waals surface area contributed by atoms with Gasteiger partial charge < -0.3 is 0 Å². The highest BCUT2D eigenvalue weighted by Gasteiger charge is 2.11. The van der Waals surface area contributed by atoms with Gasteiger partial charge in [0.25, 0.3) is 0 Å². The third-order valence-corrected chi connectivity index (χ3v) is 3.99. The highest BCUT2D eigenvalue weighted by atomic mass is 15.1. The Labute approximate surface area is 140 Å². The number of rotatable bonds is 4. The maximum Gasteiger partial charge on any atom is 0.0769 e. The molecule has 0 aliphatic carbocycles. The van der Waals surface area contributed by atoms with Crippen LogP contribution in [0.15, 0.2) is 73.1 Å². The lowest BCUT2D eigenvalue weighted by molar-refractivity contribution is 0.885. The first-order valence-corrected chi connectivity index (χ1v) is 7.93. The minimum absolute atomic E-state index is 0.679. The molecule has 0 aliphatic heterocycles. The van der Waals surface area contributed by atoms with Crippen molar-refractivity contribution in [3.05, 3.63) is 95.8 Å². The summed E-state index contributed by atoms with van der Waals surface area (Å²) in [6, 6.07) is 20.1. The van der Waals surface area contributed by atoms with Gasteiger partial charge >= 0.3 is 0 Å². The zero-order chi connectivity index (χ0) is 16.2. The minimum atomic E-state index is 0.679. The van der Waals surface area contributed by atoms with E-state index >= 15 is 0 Å². The van der Waals surface area contributed by atoms with Crippen LogP contribution in [0.2, 0.25) is 0 Å². The predicted molar refractivity (Wildman–Crippen MR) is 93.6 cm³/mol. The Morgan fingerprint density at radius 3 is 1.42 bits per heavy atom. The Kier molecular flexibility index (Phi) is 3.94. The summed E-state index contributed by atoms with van der Waals surface area (Å²) in [5, 5.41) is 11.2. The Hall–Kier alpha value is -3.14. The number of hydrogen-bond donors (Lipinski definition) is 0. The van der Waals surface area contributed by atoms with E-state index < -0.39 is 0 Å². The van der Waals surface area contributed by atoms with Gasteiger partial charge in [-0.1, -0.05) is 36.4 Å². The SMILES string of the molecule is c1ccc(Cc2nnc(Cc3ccccn3)c3ccccc23)nc1. The van der Waals surface area contributed by atoms with Gasteiger partial charge in [-0.15, -0.1) is 0 Å². The van der Waals surface area contributed by atoms with Crippen LogP contribution >= 0.6 is 0 Å². The number of fused-ring (bicyclic) bond motifs is 1. The normalized spacial score (nSPS) is 10.8. The molecule has 4 rings (SSSR count). The smallest absolute Gasteiger partial charge is 0.0769 e. The lowest BCUT2D eigenvalue weighted by Gasteiger charge is -2.09. The molecule has 4 aromatic rings. The molecule has 0 bridgehead atoms. The molecule has 0 radical (unpaired) electrons. The summed E-state index contributed by atoms with van der Waals surface area (Å²) < 4.78 is 0. The zero-order valence-electron chi connectivity index (χ0n) is 13.1. The summed E-state index contributed by atoms with van der Waals surface area (Å²) in [5.41, 5.74) is 3.90. The van der Waals surface area contributed by atoms with Crippen LogP contribution in [0.3, 0.4) is 0 Å². The molecule has 24 heavy (non-hydrogen) atoms. The maximum atomic E-state index is 4.48. The van der Waals surface area contributed by atoms with Crippen LogP contribution in [-0.2, 0) is 12.8 Å². The van der Waals surface area contributed by atoms with Gasteiger partial charge in [0, 0.05) is 47.4 Å². The van der Waals surface area contributed by atoms with Crippen LogP contribution in [-0.4, -0.2) is 20.2 Å². The molecule has 0 aliphatic rings. The number of nitrogens with zero attached hydrogens (tertiary/aromatic N) is 4. The summed E-state index contributed by atoms with van der Waals surface area (Å²) >= 11 is 0. The molecule has 1 aromatic carbocycles. The van der Waals surface area contributed by atoms with Crippen LogP contribution in [0.5, 0.6) is 0 Å². The molecule has 0 atom stereocenters. The van der Waals surface area contributed by atoms with Crippen molar-refractivity contribution in [3.63, 3.8) is 0 Å². The highest BCUT2D eigenvalue weighted by molar-refractivity contribution is 5.86. The highest BCUT2D eigenvalue weighted by Crippen LogP contribution is 2.22. The topological polar surface area (TPSA) is 51.6 Å². The van der Waals surface area contributed by atoms with Crippen molar-refractivity contribution in [1.82, 2.24) is 20.2 Å². The standard InChI is InChI=1S/C20H16N4/c1-2-10-18-17(9-1)19(13-15-7-3-5-11-21-15)23-24-20(18)14-16-8-4-6-12-22-16/h1-12H,13-14H2. The molecule has 0 fully saturated rings. The van der Waals surface area contributed by atoms with E-state index in [9.17, 15) is 0 Å². The van der Waals surface area contributed by atoms with Crippen molar-refractivity contribution in [1.29, 1.82) is 0 Å². The molecular formula is C20H16N4. The van der Waals surface area contributed by atoms with Crippen LogP contribution in [0.25, 0.3) is 10.8 Å². The van der Waals surface area contributed by atoms with Gasteiger partial charge in [-0.3, -0.25) is 9.97 Å². The van der Waals surface area contributed by atoms with Gasteiger partial charge in [0.2, 0.25) is 0 Å². The van der Waals surface area contributed by atoms with E-state index in [1.807, 2.05) is 48.5 Å². The number of benzene rings is 1. The van der Waals surface area contributed by atoms with Crippen molar-refractivity contribution in [2.45, 2.75) is 12.8 Å². The van der Waals surface area contributed by atoms with Gasteiger partial charge in [0.1, 0.15) is 0 Å². The molecular weight excluding hydrogens is 296 g/mol. The Bertz CT molecular complexity index is 873. The van der Waals surface area contributed by atoms with E-state index in [0.717, 1.165) is 33.5 Å². The monoisotopic (exact) mass is 312 g/mol. The van der Waals surface area contributed by atoms with Crippen LogP contribution in [0, 0.1) is 0 Å². The average Bonchev–Trinajstić information content (AvgIpc) is 2.65. The van der Waals surface area contributed by atoms with Gasteiger partial charge in [0.15, 0.2) is 0 Å². The van der Waals surface area contributed by atoms with Crippen LogP contribution in [0.4, 0.5) is 0 Å². The molecule has 0 unspecified atom stereocenters. The average molecular weight is 312 g/mol. The lowest BCUT2D eigenvalue weighted by atomic mass is 10.0. The van der Waals surface area contributed by atoms with E-state index in [1.54, 1.807) is 12.4 Å². The fraction of sp³-hybridized carbons (Fsp3) is 0.100. The fourth-order valence-electron chi connectivity index (χ4n) is 2.82. The molecule has 3 aromatic heterocycles. The Balaban J connectivity index is 1.74. The molecule has 3 heterocycles. The Morgan fingerprint density at radius 1 is 0.542 bits per heavy atom. The van der Waals surface area contributed by atoms with E-state index in [-0.39, 0.29) is 0 Å². The predicted octanol–water partition coefficient (Wildman–Crippen LogP) is 3.60. The molecule has 116 valence electrons. The number of hydrogen-bond acceptors (Lipinski definition) is 4. The largest absolute Gasteiger partial charge is 0.261 e. The maximum absolute atomic E-state index is 4.48. The van der Waals surface area contributed by atoms with Crippen molar-refractivity contribution in [2.75, 3.05) is 0 Å². The van der Waals surface area contributed by atoms with Crippen molar-refractivity contribution in [3.8, 4) is 0 Å². The van der Waals surface area contributed by atoms with Crippen molar-refractivity contribution in [2.24, 2.45) is 0 Å². The molecule has 0 saturated heterocycles.